The predicted octanol–water partition coefficient (Wildman–Crippen LogP) is 4.22. The van der Waals surface area contributed by atoms with E-state index < -0.39 is 11.7 Å². The molecule has 1 aromatic heterocycles. The molecule has 9 heteroatoms. The number of nitrogens with two attached hydrogens (primary N) is 1. The third-order valence-electron chi connectivity index (χ3n) is 7.18. The summed E-state index contributed by atoms with van der Waals surface area (Å²) in [7, 11) is 0. The quantitative estimate of drug-likeness (QED) is 0.428. The smallest absolute Gasteiger partial charge is 0.257 e. The lowest BCUT2D eigenvalue weighted by Crippen LogP contribution is -2.40. The first-order chi connectivity index (χ1) is 18.5. The van der Waals surface area contributed by atoms with Crippen LogP contribution in [0.3, 0.4) is 0 Å². The fraction of sp³-hybridized carbons (Fsp3) is 0.379. The lowest BCUT2D eigenvalue weighted by molar-refractivity contribution is 0.0339. The third kappa shape index (κ3) is 6.12. The molecule has 0 spiro atoms. The Labute approximate surface area is 221 Å². The van der Waals surface area contributed by atoms with Crippen LogP contribution in [0.15, 0.2) is 54.7 Å². The number of pyridine rings is 1. The van der Waals surface area contributed by atoms with Crippen molar-refractivity contribution in [1.82, 2.24) is 15.2 Å². The van der Waals surface area contributed by atoms with Gasteiger partial charge in [0.15, 0.2) is 11.5 Å². The Morgan fingerprint density at radius 3 is 2.61 bits per heavy atom. The molecule has 4 N–H and O–H groups in total. The number of nitrogens with zero attached hydrogens (tertiary/aromatic N) is 2. The topological polar surface area (TPSA) is 110 Å². The van der Waals surface area contributed by atoms with Gasteiger partial charge in [-0.15, -0.1) is 0 Å². The monoisotopic (exact) mass is 520 g/mol. The van der Waals surface area contributed by atoms with Crippen molar-refractivity contribution in [3.05, 3.63) is 71.7 Å². The number of amides is 1. The zero-order valence-corrected chi connectivity index (χ0v) is 21.2. The van der Waals surface area contributed by atoms with Crippen LogP contribution < -0.4 is 15.8 Å². The fourth-order valence-electron chi connectivity index (χ4n) is 5.05. The molecule has 2 aromatic carbocycles. The average molecular weight is 521 g/mol. The van der Waals surface area contributed by atoms with E-state index in [1.807, 2.05) is 36.4 Å². The van der Waals surface area contributed by atoms with Crippen molar-refractivity contribution in [2.45, 2.75) is 44.3 Å². The molecule has 1 aliphatic heterocycles. The standard InChI is InChI=1S/C29H33FN4O4/c30-20-16-24(28(36)33-22-8-6-21(31)7-9-22)29(32-17-20)38-27-25(18-34-12-14-37-15-13-34)23(10-11-26(27)35)19-4-2-1-3-5-19/h1-5,10-11,16-17,21-22,35H,6-9,12-15,18,31H2,(H,33,36). The number of ether oxygens (including phenoxy) is 2. The summed E-state index contributed by atoms with van der Waals surface area (Å²) in [5, 5.41) is 13.9. The number of rotatable bonds is 7. The number of hydrogen-bond acceptors (Lipinski definition) is 7. The van der Waals surface area contributed by atoms with Crippen molar-refractivity contribution in [2.24, 2.45) is 5.73 Å². The number of hydrogen-bond donors (Lipinski definition) is 3. The predicted molar refractivity (Wildman–Crippen MR) is 142 cm³/mol. The highest BCUT2D eigenvalue weighted by Gasteiger charge is 2.26. The normalized spacial score (nSPS) is 20.2. The Morgan fingerprint density at radius 1 is 1.13 bits per heavy atom. The number of morpholine rings is 1. The first-order valence-corrected chi connectivity index (χ1v) is 13.1. The molecule has 200 valence electrons. The van der Waals surface area contributed by atoms with Crippen LogP contribution in [0.25, 0.3) is 11.1 Å². The molecular weight excluding hydrogens is 487 g/mol. The van der Waals surface area contributed by atoms with E-state index in [1.165, 1.54) is 0 Å². The molecule has 1 aliphatic carbocycles. The van der Waals surface area contributed by atoms with E-state index in [1.54, 1.807) is 6.07 Å². The number of aromatic hydroxyl groups is 1. The van der Waals surface area contributed by atoms with Crippen molar-refractivity contribution >= 4 is 5.91 Å². The van der Waals surface area contributed by atoms with Crippen LogP contribution in [0.4, 0.5) is 4.39 Å². The van der Waals surface area contributed by atoms with Gasteiger partial charge in [-0.3, -0.25) is 9.69 Å². The summed E-state index contributed by atoms with van der Waals surface area (Å²) in [6.07, 6.45) is 4.16. The number of carbonyl (C=O) groups excluding carboxylic acids is 1. The van der Waals surface area contributed by atoms with E-state index in [-0.39, 0.29) is 35.0 Å². The Hall–Kier alpha value is -3.53. The van der Waals surface area contributed by atoms with E-state index in [0.29, 0.717) is 19.8 Å². The number of phenolic OH excluding ortho intramolecular Hbond substituents is 1. The molecule has 5 rings (SSSR count). The van der Waals surface area contributed by atoms with Crippen molar-refractivity contribution in [3.63, 3.8) is 0 Å². The van der Waals surface area contributed by atoms with Crippen molar-refractivity contribution < 1.29 is 23.8 Å². The first-order valence-electron chi connectivity index (χ1n) is 13.1. The minimum atomic E-state index is -0.649. The SMILES string of the molecule is NC1CCC(NC(=O)c2cc(F)cnc2Oc2c(O)ccc(-c3ccccc3)c2CN2CCOCC2)CC1. The van der Waals surface area contributed by atoms with E-state index in [0.717, 1.165) is 67.7 Å². The van der Waals surface area contributed by atoms with Crippen LogP contribution in [-0.4, -0.2) is 59.3 Å². The highest BCUT2D eigenvalue weighted by molar-refractivity contribution is 5.96. The van der Waals surface area contributed by atoms with Crippen molar-refractivity contribution in [2.75, 3.05) is 26.3 Å². The van der Waals surface area contributed by atoms with E-state index in [4.69, 9.17) is 15.2 Å². The molecule has 3 aromatic rings. The molecule has 0 bridgehead atoms. The van der Waals surface area contributed by atoms with E-state index >= 15 is 0 Å². The highest BCUT2D eigenvalue weighted by Crippen LogP contribution is 2.41. The minimum Gasteiger partial charge on any atom is -0.504 e. The summed E-state index contributed by atoms with van der Waals surface area (Å²) in [5.41, 5.74) is 8.56. The van der Waals surface area contributed by atoms with Crippen molar-refractivity contribution in [3.8, 4) is 28.5 Å². The Morgan fingerprint density at radius 2 is 1.87 bits per heavy atom. The van der Waals surface area contributed by atoms with Crippen LogP contribution in [0.5, 0.6) is 17.4 Å². The van der Waals surface area contributed by atoms with Crippen LogP contribution >= 0.6 is 0 Å². The van der Waals surface area contributed by atoms with Gasteiger partial charge in [0.05, 0.1) is 19.4 Å². The molecule has 8 nitrogen and oxygen atoms in total. The average Bonchev–Trinajstić information content (AvgIpc) is 2.94. The van der Waals surface area contributed by atoms with Crippen LogP contribution in [0, 0.1) is 5.82 Å². The molecule has 0 atom stereocenters. The van der Waals surface area contributed by atoms with Gasteiger partial charge >= 0.3 is 0 Å². The van der Waals surface area contributed by atoms with E-state index in [9.17, 15) is 14.3 Å². The fourth-order valence-corrected chi connectivity index (χ4v) is 5.05. The second-order valence-corrected chi connectivity index (χ2v) is 9.89. The maximum atomic E-state index is 14.2. The number of phenols is 1. The van der Waals surface area contributed by atoms with Gasteiger partial charge in [-0.1, -0.05) is 36.4 Å². The Bertz CT molecular complexity index is 1260. The molecule has 1 amide bonds. The van der Waals surface area contributed by atoms with Crippen molar-refractivity contribution in [1.29, 1.82) is 0 Å². The molecule has 2 aliphatic rings. The summed E-state index contributed by atoms with van der Waals surface area (Å²) in [5.74, 6) is -1.09. The Balaban J connectivity index is 1.50. The second kappa shape index (κ2) is 11.9. The lowest BCUT2D eigenvalue weighted by atomic mass is 9.91. The lowest BCUT2D eigenvalue weighted by Gasteiger charge is -2.29. The molecule has 1 saturated heterocycles. The molecule has 38 heavy (non-hydrogen) atoms. The zero-order chi connectivity index (χ0) is 26.5. The largest absolute Gasteiger partial charge is 0.504 e. The number of carbonyl (C=O) groups is 1. The molecule has 2 fully saturated rings. The molecule has 2 heterocycles. The number of halogens is 1. The number of aromatic nitrogens is 1. The van der Waals surface area contributed by atoms with Gasteiger partial charge < -0.3 is 25.6 Å². The maximum absolute atomic E-state index is 14.2. The van der Waals surface area contributed by atoms with Crippen LogP contribution in [0.2, 0.25) is 0 Å². The van der Waals surface area contributed by atoms with Crippen LogP contribution in [-0.2, 0) is 11.3 Å². The van der Waals surface area contributed by atoms with Gasteiger partial charge in [0.2, 0.25) is 5.88 Å². The third-order valence-corrected chi connectivity index (χ3v) is 7.18. The summed E-state index contributed by atoms with van der Waals surface area (Å²) in [6, 6.07) is 14.4. The number of nitrogens with one attached hydrogen (secondary N) is 1. The summed E-state index contributed by atoms with van der Waals surface area (Å²) in [6.45, 7) is 3.19. The zero-order valence-electron chi connectivity index (χ0n) is 21.2. The summed E-state index contributed by atoms with van der Waals surface area (Å²) in [4.78, 5) is 19.5. The van der Waals surface area contributed by atoms with Gasteiger partial charge in [0, 0.05) is 37.3 Å². The highest BCUT2D eigenvalue weighted by atomic mass is 19.1. The Kier molecular flexibility index (Phi) is 8.17. The first kappa shape index (κ1) is 26.1. The molecule has 0 unspecified atom stereocenters. The molecular formula is C29H33FN4O4. The summed E-state index contributed by atoms with van der Waals surface area (Å²) < 4.78 is 25.9. The van der Waals surface area contributed by atoms with Gasteiger partial charge in [-0.05, 0) is 48.9 Å². The molecule has 0 radical (unpaired) electrons. The minimum absolute atomic E-state index is 0.0262. The van der Waals surface area contributed by atoms with E-state index in [2.05, 4.69) is 15.2 Å². The second-order valence-electron chi connectivity index (χ2n) is 9.89. The van der Waals surface area contributed by atoms with Gasteiger partial charge in [-0.25, -0.2) is 9.37 Å². The van der Waals surface area contributed by atoms with Crippen LogP contribution in [0.1, 0.15) is 41.6 Å². The van der Waals surface area contributed by atoms with Gasteiger partial charge in [0.25, 0.3) is 5.91 Å². The maximum Gasteiger partial charge on any atom is 0.257 e. The molecule has 1 saturated carbocycles. The number of benzene rings is 2. The van der Waals surface area contributed by atoms with Gasteiger partial charge in [0.1, 0.15) is 11.4 Å². The van der Waals surface area contributed by atoms with Gasteiger partial charge in [-0.2, -0.15) is 0 Å². The summed E-state index contributed by atoms with van der Waals surface area (Å²) >= 11 is 0.